The zero-order valence-electron chi connectivity index (χ0n) is 37.3. The molecule has 0 bridgehead atoms. The molecule has 0 N–H and O–H groups in total. The van der Waals surface area contributed by atoms with Crippen LogP contribution in [0.5, 0.6) is 0 Å². The molecule has 0 aromatic heterocycles. The molecule has 0 aliphatic heterocycles. The Hall–Kier alpha value is -7.28. The van der Waals surface area contributed by atoms with Crippen molar-refractivity contribution in [3.05, 3.63) is 193 Å². The van der Waals surface area contributed by atoms with E-state index >= 15 is 0 Å². The first-order chi connectivity index (χ1) is 31.1. The topological polar surface area (TPSA) is 0 Å². The van der Waals surface area contributed by atoms with Crippen LogP contribution in [0.25, 0.3) is 132 Å². The van der Waals surface area contributed by atoms with Crippen molar-refractivity contribution in [1.29, 1.82) is 0 Å². The molecule has 0 amide bonds. The van der Waals surface area contributed by atoms with Gasteiger partial charge in [-0.25, -0.2) is 0 Å². The van der Waals surface area contributed by atoms with E-state index in [-0.39, 0.29) is 10.8 Å². The number of hydrogen-bond acceptors (Lipinski definition) is 0. The van der Waals surface area contributed by atoms with E-state index in [1.54, 1.807) is 0 Å². The fourth-order valence-electron chi connectivity index (χ4n) is 11.9. The Morgan fingerprint density at radius 3 is 0.781 bits per heavy atom. The van der Waals surface area contributed by atoms with Crippen LogP contribution in [0.15, 0.2) is 182 Å². The molecule has 11 aromatic rings. The molecule has 0 saturated carbocycles. The second-order valence-corrected chi connectivity index (χ2v) is 20.3. The molecule has 0 fully saturated rings. The highest BCUT2D eigenvalue weighted by atomic mass is 14.4. The number of benzene rings is 11. The van der Waals surface area contributed by atoms with Crippen molar-refractivity contribution in [2.75, 3.05) is 0 Å². The molecule has 0 atom stereocenters. The number of hydrogen-bond donors (Lipinski definition) is 0. The maximum absolute atomic E-state index is 2.60. The van der Waals surface area contributed by atoms with E-state index in [0.717, 1.165) is 0 Å². The number of rotatable bonds is 4. The van der Waals surface area contributed by atoms with Gasteiger partial charge in [-0.15, -0.1) is 0 Å². The van der Waals surface area contributed by atoms with E-state index in [0.29, 0.717) is 0 Å². The second kappa shape index (κ2) is 13.1. The van der Waals surface area contributed by atoms with Crippen LogP contribution in [0, 0.1) is 0 Å². The summed E-state index contributed by atoms with van der Waals surface area (Å²) in [5.41, 5.74) is 23.5. The van der Waals surface area contributed by atoms with Gasteiger partial charge < -0.3 is 0 Å². The van der Waals surface area contributed by atoms with Gasteiger partial charge in [-0.1, -0.05) is 211 Å². The molecule has 0 nitrogen and oxygen atoms in total. The molecule has 0 heterocycles. The largest absolute Gasteiger partial charge is 0.0622 e. The average Bonchev–Trinajstić information content (AvgIpc) is 3.84. The van der Waals surface area contributed by atoms with Crippen LogP contribution in [-0.4, -0.2) is 0 Å². The first kappa shape index (κ1) is 37.3. The van der Waals surface area contributed by atoms with E-state index in [2.05, 4.69) is 224 Å². The summed E-state index contributed by atoms with van der Waals surface area (Å²) in [6.45, 7) is 14.5. The van der Waals surface area contributed by atoms with E-state index in [1.165, 1.54) is 143 Å². The molecule has 2 aliphatic carbocycles. The van der Waals surface area contributed by atoms with E-state index < -0.39 is 0 Å². The minimum Gasteiger partial charge on any atom is -0.0622 e. The normalized spacial score (nSPS) is 12.8. The lowest BCUT2D eigenvalue weighted by molar-refractivity contribution is 0.596. The van der Waals surface area contributed by atoms with Crippen LogP contribution in [-0.2, 0) is 10.8 Å². The van der Waals surface area contributed by atoms with Crippen LogP contribution in [0.3, 0.4) is 0 Å². The van der Waals surface area contributed by atoms with E-state index in [4.69, 9.17) is 0 Å². The quantitative estimate of drug-likeness (QED) is 0.123. The van der Waals surface area contributed by atoms with Gasteiger partial charge in [0, 0.05) is 0 Å². The highest BCUT2D eigenvalue weighted by molar-refractivity contribution is 6.42. The maximum Gasteiger partial charge on any atom is -0.00108 e. The third-order valence-electron chi connectivity index (χ3n) is 14.5. The molecule has 0 saturated heterocycles. The zero-order chi connectivity index (χ0) is 43.2. The van der Waals surface area contributed by atoms with Gasteiger partial charge in [-0.05, 0) is 166 Å². The van der Waals surface area contributed by atoms with Gasteiger partial charge in [0.05, 0.1) is 0 Å². The summed E-state index contributed by atoms with van der Waals surface area (Å²) in [6, 6.07) is 68.8. The zero-order valence-corrected chi connectivity index (χ0v) is 37.3. The van der Waals surface area contributed by atoms with Gasteiger partial charge in [-0.3, -0.25) is 0 Å². The first-order valence-corrected chi connectivity index (χ1v) is 22.9. The minimum absolute atomic E-state index is 0.142. The third kappa shape index (κ3) is 5.06. The lowest BCUT2D eigenvalue weighted by Gasteiger charge is -2.29. The Morgan fingerprint density at radius 2 is 0.500 bits per heavy atom. The summed E-state index contributed by atoms with van der Waals surface area (Å²) < 4.78 is 0. The molecule has 13 rings (SSSR count). The smallest absolute Gasteiger partial charge is 0.00108 e. The molecule has 0 unspecified atom stereocenters. The Morgan fingerprint density at radius 1 is 0.234 bits per heavy atom. The number of fused-ring (bicyclic) bond motifs is 8. The standard InChI is InChI=1S/C64H48/c1-63(2,3)51-35-49-55-43(39-23-15-9-16-24-39)29-27-41(37-19-11-7-12-20-37)53(55)45-32-34-48-60-52(64(4,5)6)36-50-56-44(40-25-17-10-18-26-40)30-28-42(38-21-13-8-14-22-38)54(56)46-31-33-47(62(60)58(46)50)59(51)61(48)57(45)49/h7-36H,1-6H3. The lowest BCUT2D eigenvalue weighted by Crippen LogP contribution is -2.14. The Kier molecular flexibility index (Phi) is 7.65. The fraction of sp³-hybridized carbons (Fsp3) is 0.125. The monoisotopic (exact) mass is 816 g/mol. The van der Waals surface area contributed by atoms with E-state index in [1.807, 2.05) is 0 Å². The van der Waals surface area contributed by atoms with Gasteiger partial charge in [0.1, 0.15) is 0 Å². The van der Waals surface area contributed by atoms with Gasteiger partial charge in [0.2, 0.25) is 0 Å². The molecule has 2 aliphatic rings. The van der Waals surface area contributed by atoms with Gasteiger partial charge in [-0.2, -0.15) is 0 Å². The van der Waals surface area contributed by atoms with Crippen LogP contribution in [0.2, 0.25) is 0 Å². The minimum atomic E-state index is -0.142. The summed E-state index contributed by atoms with van der Waals surface area (Å²) in [6.07, 6.45) is 0. The molecule has 0 radical (unpaired) electrons. The van der Waals surface area contributed by atoms with Gasteiger partial charge in [0.15, 0.2) is 0 Å². The van der Waals surface area contributed by atoms with Crippen molar-refractivity contribution in [2.24, 2.45) is 0 Å². The molecule has 64 heavy (non-hydrogen) atoms. The summed E-state index contributed by atoms with van der Waals surface area (Å²) in [4.78, 5) is 0. The second-order valence-electron chi connectivity index (χ2n) is 20.3. The molecule has 11 aromatic carbocycles. The molecule has 304 valence electrons. The van der Waals surface area contributed by atoms with Crippen molar-refractivity contribution in [3.63, 3.8) is 0 Å². The first-order valence-electron chi connectivity index (χ1n) is 22.9. The van der Waals surface area contributed by atoms with Gasteiger partial charge >= 0.3 is 0 Å². The summed E-state index contributed by atoms with van der Waals surface area (Å²) in [5, 5.41) is 11.1. The summed E-state index contributed by atoms with van der Waals surface area (Å²) in [7, 11) is 0. The van der Waals surface area contributed by atoms with Crippen molar-refractivity contribution < 1.29 is 0 Å². The van der Waals surface area contributed by atoms with Gasteiger partial charge in [0.25, 0.3) is 0 Å². The Labute approximate surface area is 375 Å². The van der Waals surface area contributed by atoms with Crippen molar-refractivity contribution in [3.8, 4) is 89.0 Å². The third-order valence-corrected chi connectivity index (χ3v) is 14.5. The Balaban J connectivity index is 1.23. The average molecular weight is 817 g/mol. The van der Waals surface area contributed by atoms with Crippen LogP contribution < -0.4 is 0 Å². The predicted molar refractivity (Wildman–Crippen MR) is 276 cm³/mol. The van der Waals surface area contributed by atoms with Crippen molar-refractivity contribution >= 4 is 43.1 Å². The lowest BCUT2D eigenvalue weighted by atomic mass is 9.74. The van der Waals surface area contributed by atoms with Crippen LogP contribution in [0.4, 0.5) is 0 Å². The molecular formula is C64H48. The predicted octanol–water partition coefficient (Wildman–Crippen LogP) is 18.3. The van der Waals surface area contributed by atoms with Crippen LogP contribution in [0.1, 0.15) is 52.7 Å². The highest BCUT2D eigenvalue weighted by Crippen LogP contribution is 2.62. The van der Waals surface area contributed by atoms with Crippen molar-refractivity contribution in [2.45, 2.75) is 52.4 Å². The molecular weight excluding hydrogens is 769 g/mol. The molecule has 0 heteroatoms. The van der Waals surface area contributed by atoms with Crippen molar-refractivity contribution in [1.82, 2.24) is 0 Å². The summed E-state index contributed by atoms with van der Waals surface area (Å²) >= 11 is 0. The fourth-order valence-corrected chi connectivity index (χ4v) is 11.9. The SMILES string of the molecule is CC(C)(C)c1cc2c3c(ccc4c5c(C(C)(C)C)cc6c7c(ccc(c1c34)c75)-c1c(-c3ccccc3)ccc(-c3ccccc3)c1-6)-c1c(-c3ccccc3)ccc(-c3ccccc3)c1-2. The maximum atomic E-state index is 2.60. The molecule has 0 spiro atoms. The Bertz CT molecular complexity index is 3480. The highest BCUT2D eigenvalue weighted by Gasteiger charge is 2.37. The summed E-state index contributed by atoms with van der Waals surface area (Å²) in [5.74, 6) is 0. The van der Waals surface area contributed by atoms with Crippen LogP contribution >= 0.6 is 0 Å². The van der Waals surface area contributed by atoms with E-state index in [9.17, 15) is 0 Å².